The van der Waals surface area contributed by atoms with Crippen LogP contribution in [0, 0.1) is 0 Å². The standard InChI is InChI=1S/C21H27N3O3/c1-21-13-12-19(26)24(21)17-11-7-6-10-16(17)20(27)23(21)14-18(25)22-15-8-4-2-3-5-9-15/h6-7,10-11,15H,2-5,8-9,12-14H2,1H3,(H,22,25). The highest BCUT2D eigenvalue weighted by Crippen LogP contribution is 2.43. The second-order valence-corrected chi connectivity index (χ2v) is 8.11. The third kappa shape index (κ3) is 3.11. The van der Waals surface area contributed by atoms with Crippen LogP contribution in [-0.4, -0.2) is 40.9 Å². The average molecular weight is 369 g/mol. The Morgan fingerprint density at radius 1 is 1.15 bits per heavy atom. The summed E-state index contributed by atoms with van der Waals surface area (Å²) in [5.41, 5.74) is 0.379. The molecule has 6 nitrogen and oxygen atoms in total. The van der Waals surface area contributed by atoms with Gasteiger partial charge in [-0.3, -0.25) is 19.3 Å². The van der Waals surface area contributed by atoms with Crippen LogP contribution in [0.3, 0.4) is 0 Å². The molecule has 4 rings (SSSR count). The molecule has 6 heteroatoms. The predicted octanol–water partition coefficient (Wildman–Crippen LogP) is 2.82. The van der Waals surface area contributed by atoms with Gasteiger partial charge in [0, 0.05) is 12.5 Å². The highest BCUT2D eigenvalue weighted by atomic mass is 16.2. The van der Waals surface area contributed by atoms with Gasteiger partial charge in [-0.1, -0.05) is 37.8 Å². The largest absolute Gasteiger partial charge is 0.352 e. The van der Waals surface area contributed by atoms with Gasteiger partial charge in [0.25, 0.3) is 5.91 Å². The molecule has 27 heavy (non-hydrogen) atoms. The number of nitrogens with zero attached hydrogens (tertiary/aromatic N) is 2. The SMILES string of the molecule is CC12CCC(=O)N1c1ccccc1C(=O)N2CC(=O)NC1CCCCCC1. The molecule has 1 unspecified atom stereocenters. The number of nitrogens with one attached hydrogen (secondary N) is 1. The Labute approximate surface area is 159 Å². The molecule has 1 atom stereocenters. The van der Waals surface area contributed by atoms with Gasteiger partial charge in [0.2, 0.25) is 11.8 Å². The summed E-state index contributed by atoms with van der Waals surface area (Å²) in [4.78, 5) is 41.8. The highest BCUT2D eigenvalue weighted by Gasteiger charge is 2.53. The van der Waals surface area contributed by atoms with Crippen LogP contribution >= 0.6 is 0 Å². The van der Waals surface area contributed by atoms with Crippen molar-refractivity contribution in [1.82, 2.24) is 10.2 Å². The number of hydrogen-bond donors (Lipinski definition) is 1. The van der Waals surface area contributed by atoms with Gasteiger partial charge in [0.15, 0.2) is 0 Å². The van der Waals surface area contributed by atoms with E-state index in [1.807, 2.05) is 19.1 Å². The monoisotopic (exact) mass is 369 g/mol. The number of benzene rings is 1. The van der Waals surface area contributed by atoms with Crippen LogP contribution < -0.4 is 10.2 Å². The minimum absolute atomic E-state index is 0.00614. The van der Waals surface area contributed by atoms with Crippen molar-refractivity contribution in [2.45, 2.75) is 70.0 Å². The average Bonchev–Trinajstić information content (AvgIpc) is 2.82. The first-order valence-corrected chi connectivity index (χ1v) is 10.0. The van der Waals surface area contributed by atoms with Crippen LogP contribution in [0.4, 0.5) is 5.69 Å². The Bertz CT molecular complexity index is 770. The molecule has 2 fully saturated rings. The molecule has 0 bridgehead atoms. The summed E-state index contributed by atoms with van der Waals surface area (Å²) in [7, 11) is 0. The molecule has 3 amide bonds. The highest BCUT2D eigenvalue weighted by molar-refractivity contribution is 6.11. The first-order valence-electron chi connectivity index (χ1n) is 10.0. The van der Waals surface area contributed by atoms with Crippen molar-refractivity contribution in [1.29, 1.82) is 0 Å². The van der Waals surface area contributed by atoms with Crippen molar-refractivity contribution in [3.8, 4) is 0 Å². The van der Waals surface area contributed by atoms with E-state index in [9.17, 15) is 14.4 Å². The van der Waals surface area contributed by atoms with Gasteiger partial charge in [0.1, 0.15) is 12.2 Å². The molecule has 1 aromatic rings. The molecular formula is C21H27N3O3. The molecule has 2 aliphatic heterocycles. The van der Waals surface area contributed by atoms with Crippen LogP contribution in [0.25, 0.3) is 0 Å². The summed E-state index contributed by atoms with van der Waals surface area (Å²) in [6.45, 7) is 1.88. The maximum Gasteiger partial charge on any atom is 0.258 e. The van der Waals surface area contributed by atoms with Crippen LogP contribution in [0.1, 0.15) is 68.6 Å². The van der Waals surface area contributed by atoms with Gasteiger partial charge < -0.3 is 10.2 Å². The number of hydrogen-bond acceptors (Lipinski definition) is 3. The first kappa shape index (κ1) is 18.0. The van der Waals surface area contributed by atoms with Crippen molar-refractivity contribution >= 4 is 23.4 Å². The Morgan fingerprint density at radius 3 is 2.59 bits per heavy atom. The Balaban J connectivity index is 1.57. The topological polar surface area (TPSA) is 69.7 Å². The molecule has 1 saturated carbocycles. The molecule has 1 N–H and O–H groups in total. The van der Waals surface area contributed by atoms with E-state index in [0.717, 1.165) is 25.7 Å². The second-order valence-electron chi connectivity index (χ2n) is 8.11. The fourth-order valence-corrected chi connectivity index (χ4v) is 4.78. The molecule has 144 valence electrons. The Hall–Kier alpha value is -2.37. The summed E-state index contributed by atoms with van der Waals surface area (Å²) in [5, 5.41) is 3.12. The van der Waals surface area contributed by atoms with Crippen LogP contribution in [0.5, 0.6) is 0 Å². The minimum atomic E-state index is -0.774. The van der Waals surface area contributed by atoms with Gasteiger partial charge in [-0.05, 0) is 38.3 Å². The number of fused-ring (bicyclic) bond motifs is 3. The zero-order chi connectivity index (χ0) is 19.0. The summed E-state index contributed by atoms with van der Waals surface area (Å²) < 4.78 is 0. The number of para-hydroxylation sites is 1. The van der Waals surface area contributed by atoms with Crippen LogP contribution in [0.2, 0.25) is 0 Å². The quantitative estimate of drug-likeness (QED) is 0.833. The van der Waals surface area contributed by atoms with E-state index in [1.165, 1.54) is 12.8 Å². The van der Waals surface area contributed by atoms with Gasteiger partial charge in [-0.15, -0.1) is 0 Å². The van der Waals surface area contributed by atoms with E-state index in [1.54, 1.807) is 21.9 Å². The Kier molecular flexibility index (Phi) is 4.66. The molecule has 1 aromatic carbocycles. The molecule has 2 heterocycles. The summed E-state index contributed by atoms with van der Waals surface area (Å²) in [5.74, 6) is -0.295. The van der Waals surface area contributed by atoms with Gasteiger partial charge in [-0.2, -0.15) is 0 Å². The lowest BCUT2D eigenvalue weighted by Gasteiger charge is -2.48. The number of carbonyl (C=O) groups is 3. The number of amides is 3. The lowest BCUT2D eigenvalue weighted by molar-refractivity contribution is -0.124. The van der Waals surface area contributed by atoms with Gasteiger partial charge in [0.05, 0.1) is 11.3 Å². The molecule has 0 spiro atoms. The fourth-order valence-electron chi connectivity index (χ4n) is 4.78. The molecule has 0 aromatic heterocycles. The molecular weight excluding hydrogens is 342 g/mol. The lowest BCUT2D eigenvalue weighted by atomic mass is 9.98. The zero-order valence-electron chi connectivity index (χ0n) is 15.9. The van der Waals surface area contributed by atoms with E-state index in [2.05, 4.69) is 5.32 Å². The van der Waals surface area contributed by atoms with Crippen molar-refractivity contribution in [3.63, 3.8) is 0 Å². The number of rotatable bonds is 3. The van der Waals surface area contributed by atoms with Gasteiger partial charge >= 0.3 is 0 Å². The van der Waals surface area contributed by atoms with E-state index < -0.39 is 5.66 Å². The van der Waals surface area contributed by atoms with Crippen LogP contribution in [0.15, 0.2) is 24.3 Å². The van der Waals surface area contributed by atoms with Crippen molar-refractivity contribution < 1.29 is 14.4 Å². The third-order valence-corrected chi connectivity index (χ3v) is 6.27. The summed E-state index contributed by atoms with van der Waals surface area (Å²) in [6.07, 6.45) is 7.67. The molecule has 1 aliphatic carbocycles. The maximum absolute atomic E-state index is 13.2. The third-order valence-electron chi connectivity index (χ3n) is 6.27. The van der Waals surface area contributed by atoms with E-state index in [4.69, 9.17) is 0 Å². The molecule has 0 radical (unpaired) electrons. The summed E-state index contributed by atoms with van der Waals surface area (Å²) >= 11 is 0. The fraction of sp³-hybridized carbons (Fsp3) is 0.571. The summed E-state index contributed by atoms with van der Waals surface area (Å²) in [6, 6.07) is 7.38. The van der Waals surface area contributed by atoms with E-state index in [0.29, 0.717) is 24.1 Å². The smallest absolute Gasteiger partial charge is 0.258 e. The number of carbonyl (C=O) groups excluding carboxylic acids is 3. The van der Waals surface area contributed by atoms with Crippen LogP contribution in [-0.2, 0) is 9.59 Å². The van der Waals surface area contributed by atoms with Crippen molar-refractivity contribution in [3.05, 3.63) is 29.8 Å². The maximum atomic E-state index is 13.2. The van der Waals surface area contributed by atoms with Crippen molar-refractivity contribution in [2.75, 3.05) is 11.4 Å². The van der Waals surface area contributed by atoms with Gasteiger partial charge in [-0.25, -0.2) is 0 Å². The lowest BCUT2D eigenvalue weighted by Crippen LogP contribution is -2.64. The minimum Gasteiger partial charge on any atom is -0.352 e. The van der Waals surface area contributed by atoms with Crippen molar-refractivity contribution in [2.24, 2.45) is 0 Å². The first-order chi connectivity index (χ1) is 13.0. The van der Waals surface area contributed by atoms with E-state index in [-0.39, 0.29) is 30.3 Å². The normalized spacial score (nSPS) is 25.8. The van der Waals surface area contributed by atoms with E-state index >= 15 is 0 Å². The molecule has 3 aliphatic rings. The zero-order valence-corrected chi connectivity index (χ0v) is 15.9. The predicted molar refractivity (Wildman–Crippen MR) is 102 cm³/mol. The Morgan fingerprint density at radius 2 is 1.85 bits per heavy atom. The number of anilines is 1. The second kappa shape index (κ2) is 6.98. The molecule has 1 saturated heterocycles.